The number of ether oxygens (including phenoxy) is 1. The van der Waals surface area contributed by atoms with Gasteiger partial charge >= 0.3 is 0 Å². The molecule has 4 aliphatic rings. The van der Waals surface area contributed by atoms with Crippen LogP contribution in [0.1, 0.15) is 25.3 Å². The minimum absolute atomic E-state index is 0.0261. The monoisotopic (exact) mass is 385 g/mol. The van der Waals surface area contributed by atoms with E-state index in [1.807, 2.05) is 13.1 Å². The fourth-order valence-corrected chi connectivity index (χ4v) is 7.32. The van der Waals surface area contributed by atoms with Crippen LogP contribution in [0, 0.1) is 5.41 Å². The fraction of sp³-hybridized carbons (Fsp3) is 0.636. The highest BCUT2D eigenvalue weighted by Crippen LogP contribution is 2.66. The first-order valence-electron chi connectivity index (χ1n) is 10.3. The van der Waals surface area contributed by atoms with E-state index in [2.05, 4.69) is 41.0 Å². The number of methoxy groups -OCH3 is 1. The predicted octanol–water partition coefficient (Wildman–Crippen LogP) is 0.856. The molecular formula is C22H31N3O3. The summed E-state index contributed by atoms with van der Waals surface area (Å²) in [6, 6.07) is 6.11. The molecular weight excluding hydrogens is 354 g/mol. The van der Waals surface area contributed by atoms with Crippen molar-refractivity contribution in [3.63, 3.8) is 0 Å². The molecule has 0 unspecified atom stereocenters. The maximum atomic E-state index is 11.9. The summed E-state index contributed by atoms with van der Waals surface area (Å²) in [7, 11) is 3.69. The lowest BCUT2D eigenvalue weighted by Gasteiger charge is -2.64. The summed E-state index contributed by atoms with van der Waals surface area (Å²) in [5, 5.41) is 23.6. The molecule has 1 aromatic rings. The normalized spacial score (nSPS) is 43.6. The van der Waals surface area contributed by atoms with Crippen LogP contribution in [0.5, 0.6) is 5.75 Å². The molecule has 2 fully saturated rings. The van der Waals surface area contributed by atoms with E-state index in [0.29, 0.717) is 0 Å². The predicted molar refractivity (Wildman–Crippen MR) is 109 cm³/mol. The molecule has 3 aliphatic heterocycles. The quantitative estimate of drug-likeness (QED) is 0.670. The lowest BCUT2D eigenvalue weighted by atomic mass is 9.48. The van der Waals surface area contributed by atoms with Crippen molar-refractivity contribution in [2.75, 3.05) is 38.7 Å². The van der Waals surface area contributed by atoms with Gasteiger partial charge in [0, 0.05) is 48.8 Å². The Morgan fingerprint density at radius 1 is 1.32 bits per heavy atom. The van der Waals surface area contributed by atoms with Gasteiger partial charge in [0.2, 0.25) is 0 Å². The average Bonchev–Trinajstić information content (AvgIpc) is 3.23. The second kappa shape index (κ2) is 5.72. The standard InChI is InChI=1S/C22H31N3O3/c1-4-20-8-5-10-25-11-9-21(17(20)25)15-7-6-14(28-3)12-16(15)24(2)18(21)22(27,13-23)19(20)26/h5-8,12,17-19,26-27H,4,9-11,13,23H2,1-3H3/t17-,18+,19+,20+,21+,22-/m0/s1. The van der Waals surface area contributed by atoms with Gasteiger partial charge in [0.15, 0.2) is 0 Å². The minimum atomic E-state index is -1.40. The Labute approximate surface area is 166 Å². The molecule has 1 saturated carbocycles. The molecule has 4 N–H and O–H groups in total. The highest BCUT2D eigenvalue weighted by molar-refractivity contribution is 5.70. The van der Waals surface area contributed by atoms with Gasteiger partial charge in [-0.25, -0.2) is 0 Å². The molecule has 1 saturated heterocycles. The number of anilines is 1. The zero-order valence-corrected chi connectivity index (χ0v) is 16.9. The van der Waals surface area contributed by atoms with E-state index in [4.69, 9.17) is 10.5 Å². The van der Waals surface area contributed by atoms with Gasteiger partial charge in [0.25, 0.3) is 0 Å². The molecule has 6 atom stereocenters. The second-order valence-corrected chi connectivity index (χ2v) is 9.05. The van der Waals surface area contributed by atoms with Crippen molar-refractivity contribution in [3.05, 3.63) is 35.9 Å². The van der Waals surface area contributed by atoms with E-state index in [9.17, 15) is 10.2 Å². The SMILES string of the molecule is CC[C@]12C=CCN3CC[C@@]4(c5ccc(OC)cc5N(C)[C@H]4[C@@](O)(CN)[C@@H]1O)[C@@H]32. The van der Waals surface area contributed by atoms with Crippen LogP contribution in [0.3, 0.4) is 0 Å². The third-order valence-corrected chi connectivity index (χ3v) is 8.30. The third kappa shape index (κ3) is 1.79. The molecule has 6 nitrogen and oxygen atoms in total. The van der Waals surface area contributed by atoms with E-state index < -0.39 is 17.1 Å². The van der Waals surface area contributed by atoms with Gasteiger partial charge < -0.3 is 25.6 Å². The van der Waals surface area contributed by atoms with Crippen molar-refractivity contribution < 1.29 is 14.9 Å². The smallest absolute Gasteiger partial charge is 0.125 e. The van der Waals surface area contributed by atoms with Gasteiger partial charge in [-0.3, -0.25) is 4.90 Å². The topological polar surface area (TPSA) is 82.2 Å². The number of aliphatic hydroxyl groups is 2. The van der Waals surface area contributed by atoms with Crippen LogP contribution < -0.4 is 15.4 Å². The van der Waals surface area contributed by atoms with Crippen LogP contribution in [-0.2, 0) is 5.41 Å². The Kier molecular flexibility index (Phi) is 3.77. The molecule has 3 heterocycles. The maximum absolute atomic E-state index is 11.9. The largest absolute Gasteiger partial charge is 0.497 e. The van der Waals surface area contributed by atoms with E-state index in [1.54, 1.807) is 7.11 Å². The molecule has 5 rings (SSSR count). The first-order valence-corrected chi connectivity index (χ1v) is 10.3. The lowest BCUT2D eigenvalue weighted by molar-refractivity contribution is -0.194. The molecule has 152 valence electrons. The number of aliphatic hydroxyl groups excluding tert-OH is 1. The highest BCUT2D eigenvalue weighted by atomic mass is 16.5. The number of rotatable bonds is 3. The summed E-state index contributed by atoms with van der Waals surface area (Å²) in [6.07, 6.45) is 5.12. The number of benzene rings is 1. The lowest BCUT2D eigenvalue weighted by Crippen LogP contribution is -2.80. The van der Waals surface area contributed by atoms with Crippen molar-refractivity contribution in [1.82, 2.24) is 4.90 Å². The van der Waals surface area contributed by atoms with Crippen LogP contribution in [0.25, 0.3) is 0 Å². The van der Waals surface area contributed by atoms with Crippen LogP contribution in [-0.4, -0.2) is 72.7 Å². The molecule has 0 aromatic heterocycles. The molecule has 0 amide bonds. The van der Waals surface area contributed by atoms with E-state index in [1.165, 1.54) is 5.56 Å². The van der Waals surface area contributed by atoms with Crippen molar-refractivity contribution in [2.45, 2.75) is 49.0 Å². The summed E-state index contributed by atoms with van der Waals surface area (Å²) in [5.41, 5.74) is 6.34. The molecule has 1 spiro atoms. The van der Waals surface area contributed by atoms with Crippen molar-refractivity contribution in [1.29, 1.82) is 0 Å². The number of nitrogens with zero attached hydrogens (tertiary/aromatic N) is 2. The summed E-state index contributed by atoms with van der Waals surface area (Å²) in [4.78, 5) is 4.65. The average molecular weight is 386 g/mol. The minimum Gasteiger partial charge on any atom is -0.497 e. The first-order chi connectivity index (χ1) is 13.4. The van der Waals surface area contributed by atoms with Crippen LogP contribution in [0.4, 0.5) is 5.69 Å². The van der Waals surface area contributed by atoms with Crippen LogP contribution in [0.2, 0.25) is 0 Å². The van der Waals surface area contributed by atoms with Gasteiger partial charge in [-0.15, -0.1) is 0 Å². The van der Waals surface area contributed by atoms with Gasteiger partial charge in [-0.2, -0.15) is 0 Å². The van der Waals surface area contributed by atoms with Gasteiger partial charge in [-0.05, 0) is 31.0 Å². The van der Waals surface area contributed by atoms with Crippen molar-refractivity contribution >= 4 is 5.69 Å². The molecule has 1 aliphatic carbocycles. The Balaban J connectivity index is 1.83. The highest BCUT2D eigenvalue weighted by Gasteiger charge is 2.76. The second-order valence-electron chi connectivity index (χ2n) is 9.05. The number of fused-ring (bicyclic) bond motifs is 1. The van der Waals surface area contributed by atoms with Crippen molar-refractivity contribution in [3.8, 4) is 5.75 Å². The van der Waals surface area contributed by atoms with Gasteiger partial charge in [0.05, 0.1) is 19.3 Å². The fourth-order valence-electron chi connectivity index (χ4n) is 7.32. The van der Waals surface area contributed by atoms with Gasteiger partial charge in [0.1, 0.15) is 11.4 Å². The molecule has 0 bridgehead atoms. The van der Waals surface area contributed by atoms with Gasteiger partial charge in [-0.1, -0.05) is 25.1 Å². The number of nitrogens with two attached hydrogens (primary N) is 1. The Hall–Kier alpha value is -1.60. The summed E-state index contributed by atoms with van der Waals surface area (Å²) >= 11 is 0. The summed E-state index contributed by atoms with van der Waals surface area (Å²) in [5.74, 6) is 0.803. The Morgan fingerprint density at radius 2 is 2.11 bits per heavy atom. The maximum Gasteiger partial charge on any atom is 0.125 e. The summed E-state index contributed by atoms with van der Waals surface area (Å²) in [6.45, 7) is 4.00. The molecule has 6 heteroatoms. The van der Waals surface area contributed by atoms with E-state index in [-0.39, 0.29) is 24.0 Å². The van der Waals surface area contributed by atoms with Crippen LogP contribution >= 0.6 is 0 Å². The Bertz CT molecular complexity index is 844. The Morgan fingerprint density at radius 3 is 2.79 bits per heavy atom. The molecule has 0 radical (unpaired) electrons. The number of hydrogen-bond donors (Lipinski definition) is 3. The zero-order valence-electron chi connectivity index (χ0n) is 16.9. The van der Waals surface area contributed by atoms with Crippen LogP contribution in [0.15, 0.2) is 30.4 Å². The number of likely N-dealkylation sites (N-methyl/N-ethyl adjacent to an activating group) is 1. The first kappa shape index (κ1) is 18.4. The van der Waals surface area contributed by atoms with E-state index in [0.717, 1.165) is 37.4 Å². The zero-order chi connectivity index (χ0) is 19.9. The molecule has 1 aromatic carbocycles. The number of hydrogen-bond acceptors (Lipinski definition) is 6. The third-order valence-electron chi connectivity index (χ3n) is 8.30. The molecule has 28 heavy (non-hydrogen) atoms. The summed E-state index contributed by atoms with van der Waals surface area (Å²) < 4.78 is 5.48. The van der Waals surface area contributed by atoms with E-state index >= 15 is 0 Å². The van der Waals surface area contributed by atoms with Crippen molar-refractivity contribution in [2.24, 2.45) is 11.1 Å².